The van der Waals surface area contributed by atoms with Crippen LogP contribution in [0.25, 0.3) is 0 Å². The molecule has 2 rings (SSSR count). The fraction of sp³-hybridized carbons (Fsp3) is 0.440. The van der Waals surface area contributed by atoms with E-state index in [9.17, 15) is 18.0 Å². The van der Waals surface area contributed by atoms with Crippen molar-refractivity contribution in [2.45, 2.75) is 59.2 Å². The van der Waals surface area contributed by atoms with Crippen molar-refractivity contribution >= 4 is 43.5 Å². The van der Waals surface area contributed by atoms with E-state index < -0.39 is 28.5 Å². The van der Waals surface area contributed by atoms with Crippen molar-refractivity contribution in [1.29, 1.82) is 0 Å². The number of nitrogens with one attached hydrogen (secondary N) is 1. The van der Waals surface area contributed by atoms with Crippen LogP contribution < -0.4 is 9.62 Å². The summed E-state index contributed by atoms with van der Waals surface area (Å²) in [6.07, 6.45) is 2.23. The molecular weight excluding hydrogens is 518 g/mol. The monoisotopic (exact) mass is 551 g/mol. The number of carbonyl (C=O) groups is 2. The van der Waals surface area contributed by atoms with Gasteiger partial charge in [-0.3, -0.25) is 13.9 Å². The van der Waals surface area contributed by atoms with Crippen molar-refractivity contribution in [2.24, 2.45) is 0 Å². The van der Waals surface area contributed by atoms with Crippen LogP contribution in [-0.4, -0.2) is 50.0 Å². The molecule has 0 heterocycles. The minimum atomic E-state index is -3.76. The lowest BCUT2D eigenvalue weighted by molar-refractivity contribution is -0.140. The van der Waals surface area contributed by atoms with Gasteiger partial charge in [-0.2, -0.15) is 0 Å². The first kappa shape index (κ1) is 27.9. The van der Waals surface area contributed by atoms with Gasteiger partial charge in [-0.25, -0.2) is 8.42 Å². The highest BCUT2D eigenvalue weighted by molar-refractivity contribution is 9.10. The second-order valence-corrected chi connectivity index (χ2v) is 11.3. The van der Waals surface area contributed by atoms with Gasteiger partial charge in [0.1, 0.15) is 12.6 Å². The molecular formula is C25H34BrN3O4S. The van der Waals surface area contributed by atoms with Gasteiger partial charge in [0.2, 0.25) is 21.8 Å². The van der Waals surface area contributed by atoms with Gasteiger partial charge >= 0.3 is 0 Å². The molecule has 0 aliphatic rings. The first-order valence-electron chi connectivity index (χ1n) is 11.4. The highest BCUT2D eigenvalue weighted by Gasteiger charge is 2.32. The third kappa shape index (κ3) is 7.56. The number of nitrogens with zero attached hydrogens (tertiary/aromatic N) is 2. The number of anilines is 1. The summed E-state index contributed by atoms with van der Waals surface area (Å²) in [4.78, 5) is 28.3. The zero-order valence-corrected chi connectivity index (χ0v) is 22.8. The van der Waals surface area contributed by atoms with Crippen molar-refractivity contribution in [3.05, 3.63) is 64.1 Å². The molecule has 2 atom stereocenters. The molecule has 7 nitrogen and oxygen atoms in total. The van der Waals surface area contributed by atoms with E-state index in [1.807, 2.05) is 52.0 Å². The molecule has 0 aliphatic carbocycles. The first-order chi connectivity index (χ1) is 16.0. The van der Waals surface area contributed by atoms with Crippen LogP contribution in [0.2, 0.25) is 0 Å². The fourth-order valence-electron chi connectivity index (χ4n) is 3.58. The molecule has 2 unspecified atom stereocenters. The van der Waals surface area contributed by atoms with E-state index in [4.69, 9.17) is 0 Å². The van der Waals surface area contributed by atoms with Crippen LogP contribution >= 0.6 is 15.9 Å². The largest absolute Gasteiger partial charge is 0.352 e. The van der Waals surface area contributed by atoms with Gasteiger partial charge in [-0.15, -0.1) is 0 Å². The molecule has 2 amide bonds. The van der Waals surface area contributed by atoms with E-state index in [1.165, 1.54) is 4.90 Å². The normalized spacial score (nSPS) is 13.1. The molecule has 34 heavy (non-hydrogen) atoms. The Kier molecular flexibility index (Phi) is 10.1. The molecule has 0 saturated heterocycles. The van der Waals surface area contributed by atoms with Gasteiger partial charge in [0.25, 0.3) is 0 Å². The Morgan fingerprint density at radius 1 is 1.06 bits per heavy atom. The molecule has 1 N–H and O–H groups in total. The summed E-state index contributed by atoms with van der Waals surface area (Å²) in [5, 5.41) is 2.97. The molecule has 0 radical (unpaired) electrons. The minimum absolute atomic E-state index is 0.0360. The number of hydrogen-bond acceptors (Lipinski definition) is 4. The highest BCUT2D eigenvalue weighted by Crippen LogP contribution is 2.23. The summed E-state index contributed by atoms with van der Waals surface area (Å²) < 4.78 is 27.0. The predicted molar refractivity (Wildman–Crippen MR) is 140 cm³/mol. The van der Waals surface area contributed by atoms with Gasteiger partial charge in [0.15, 0.2) is 0 Å². The number of carbonyl (C=O) groups excluding carboxylic acids is 2. The average Bonchev–Trinajstić information content (AvgIpc) is 2.77. The second-order valence-electron chi connectivity index (χ2n) is 8.44. The van der Waals surface area contributed by atoms with Crippen LogP contribution in [0.4, 0.5) is 5.69 Å². The van der Waals surface area contributed by atoms with Gasteiger partial charge in [-0.1, -0.05) is 60.1 Å². The van der Waals surface area contributed by atoms with Crippen molar-refractivity contribution in [1.82, 2.24) is 10.2 Å². The SMILES string of the molecule is CCC(C)NC(=O)C(CC)N(Cc1ccccc1C)C(=O)CN(c1cccc(Br)c1)S(C)(=O)=O. The van der Waals surface area contributed by atoms with Crippen LogP contribution in [-0.2, 0) is 26.2 Å². The third-order valence-electron chi connectivity index (χ3n) is 5.76. The summed E-state index contributed by atoms with van der Waals surface area (Å²) in [5.74, 6) is -0.688. The summed E-state index contributed by atoms with van der Waals surface area (Å²) in [6.45, 7) is 7.48. The molecule has 0 bridgehead atoms. The Morgan fingerprint density at radius 3 is 2.29 bits per heavy atom. The zero-order valence-electron chi connectivity index (χ0n) is 20.4. The van der Waals surface area contributed by atoms with Gasteiger partial charge < -0.3 is 10.2 Å². The van der Waals surface area contributed by atoms with Gasteiger partial charge in [0, 0.05) is 17.1 Å². The predicted octanol–water partition coefficient (Wildman–Crippen LogP) is 4.25. The number of halogens is 1. The Labute approximate surface area is 211 Å². The second kappa shape index (κ2) is 12.4. The molecule has 2 aromatic rings. The standard InChI is InChI=1S/C25H34BrN3O4S/c1-6-19(4)27-25(31)23(7-2)28(16-20-12-9-8-11-18(20)3)24(30)17-29(34(5,32)33)22-14-10-13-21(26)15-22/h8-15,19,23H,6-7,16-17H2,1-5H3,(H,27,31). The van der Waals surface area contributed by atoms with E-state index in [2.05, 4.69) is 21.2 Å². The number of sulfonamides is 1. The number of hydrogen-bond donors (Lipinski definition) is 1. The number of amides is 2. The molecule has 186 valence electrons. The molecule has 0 aliphatic heterocycles. The van der Waals surface area contributed by atoms with Crippen LogP contribution in [0.5, 0.6) is 0 Å². The van der Waals surface area contributed by atoms with E-state index >= 15 is 0 Å². The summed E-state index contributed by atoms with van der Waals surface area (Å²) in [7, 11) is -3.76. The third-order valence-corrected chi connectivity index (χ3v) is 7.40. The maximum atomic E-state index is 13.7. The van der Waals surface area contributed by atoms with E-state index in [0.29, 0.717) is 16.6 Å². The lowest BCUT2D eigenvalue weighted by Crippen LogP contribution is -2.53. The zero-order chi connectivity index (χ0) is 25.5. The van der Waals surface area contributed by atoms with Gasteiger partial charge in [-0.05, 0) is 56.0 Å². The van der Waals surface area contributed by atoms with Crippen molar-refractivity contribution in [3.63, 3.8) is 0 Å². The van der Waals surface area contributed by atoms with Crippen LogP contribution in [0.1, 0.15) is 44.7 Å². The number of aryl methyl sites for hydroxylation is 1. The molecule has 0 aromatic heterocycles. The molecule has 9 heteroatoms. The molecule has 2 aromatic carbocycles. The lowest BCUT2D eigenvalue weighted by Gasteiger charge is -2.33. The number of rotatable bonds is 11. The maximum Gasteiger partial charge on any atom is 0.244 e. The molecule has 0 spiro atoms. The quantitative estimate of drug-likeness (QED) is 0.452. The fourth-order valence-corrected chi connectivity index (χ4v) is 4.81. The van der Waals surface area contributed by atoms with Gasteiger partial charge in [0.05, 0.1) is 11.9 Å². The van der Waals surface area contributed by atoms with Crippen LogP contribution in [0.3, 0.4) is 0 Å². The van der Waals surface area contributed by atoms with E-state index in [0.717, 1.165) is 28.1 Å². The van der Waals surface area contributed by atoms with Crippen molar-refractivity contribution in [3.8, 4) is 0 Å². The van der Waals surface area contributed by atoms with Crippen molar-refractivity contribution < 1.29 is 18.0 Å². The summed E-state index contributed by atoms with van der Waals surface area (Å²) in [6, 6.07) is 13.7. The molecule has 0 saturated carbocycles. The smallest absolute Gasteiger partial charge is 0.244 e. The lowest BCUT2D eigenvalue weighted by atomic mass is 10.1. The topological polar surface area (TPSA) is 86.8 Å². The van der Waals surface area contributed by atoms with E-state index in [1.54, 1.807) is 24.3 Å². The van der Waals surface area contributed by atoms with Crippen LogP contribution in [0, 0.1) is 6.92 Å². The van der Waals surface area contributed by atoms with Crippen LogP contribution in [0.15, 0.2) is 53.0 Å². The summed E-state index contributed by atoms with van der Waals surface area (Å²) in [5.41, 5.74) is 2.27. The highest BCUT2D eigenvalue weighted by atomic mass is 79.9. The molecule has 0 fully saturated rings. The Morgan fingerprint density at radius 2 is 1.74 bits per heavy atom. The maximum absolute atomic E-state index is 13.7. The Balaban J connectivity index is 2.45. The Hall–Kier alpha value is -2.39. The first-order valence-corrected chi connectivity index (χ1v) is 14.0. The minimum Gasteiger partial charge on any atom is -0.352 e. The van der Waals surface area contributed by atoms with Crippen molar-refractivity contribution in [2.75, 3.05) is 17.1 Å². The summed E-state index contributed by atoms with van der Waals surface area (Å²) >= 11 is 3.36. The number of benzene rings is 2. The van der Waals surface area contributed by atoms with E-state index in [-0.39, 0.29) is 18.5 Å². The Bertz CT molecular complexity index is 1110. The average molecular weight is 553 g/mol.